The molecule has 1 N–H and O–H groups in total. The van der Waals surface area contributed by atoms with Crippen LogP contribution in [-0.4, -0.2) is 25.0 Å². The molecule has 1 saturated heterocycles. The van der Waals surface area contributed by atoms with Crippen LogP contribution in [0, 0.1) is 13.8 Å². The van der Waals surface area contributed by atoms with Crippen molar-refractivity contribution in [3.8, 4) is 5.75 Å². The minimum absolute atomic E-state index is 0.0110. The van der Waals surface area contributed by atoms with E-state index in [0.29, 0.717) is 18.7 Å². The van der Waals surface area contributed by atoms with Crippen LogP contribution in [0.2, 0.25) is 0 Å². The highest BCUT2D eigenvalue weighted by molar-refractivity contribution is 5.95. The van der Waals surface area contributed by atoms with E-state index in [1.54, 1.807) is 4.90 Å². The Morgan fingerprint density at radius 3 is 2.54 bits per heavy atom. The summed E-state index contributed by atoms with van der Waals surface area (Å²) in [6.07, 6.45) is 1.54. The van der Waals surface area contributed by atoms with Crippen molar-refractivity contribution in [2.45, 2.75) is 33.2 Å². The molecule has 2 aromatic carbocycles. The van der Waals surface area contributed by atoms with Crippen molar-refractivity contribution in [1.82, 2.24) is 5.32 Å². The van der Waals surface area contributed by atoms with Crippen molar-refractivity contribution < 1.29 is 14.3 Å². The molecule has 1 fully saturated rings. The predicted molar refractivity (Wildman–Crippen MR) is 101 cm³/mol. The second-order valence-corrected chi connectivity index (χ2v) is 6.63. The largest absolute Gasteiger partial charge is 0.484 e. The van der Waals surface area contributed by atoms with Gasteiger partial charge in [-0.05, 0) is 61.2 Å². The molecule has 0 spiro atoms. The van der Waals surface area contributed by atoms with Crippen LogP contribution in [0.4, 0.5) is 5.69 Å². The lowest BCUT2D eigenvalue weighted by molar-refractivity contribution is -0.123. The standard InChI is InChI=1S/C21H24N2O3/c1-15-5-10-19(12-16(15)2)26-14-20(24)22-13-17-6-8-18(9-7-17)23-11-3-4-21(23)25/h5-10,12H,3-4,11,13-14H2,1-2H3,(H,22,24). The molecule has 1 heterocycles. The highest BCUT2D eigenvalue weighted by atomic mass is 16.5. The molecule has 0 saturated carbocycles. The topological polar surface area (TPSA) is 58.6 Å². The maximum Gasteiger partial charge on any atom is 0.258 e. The van der Waals surface area contributed by atoms with Crippen molar-refractivity contribution in [2.24, 2.45) is 0 Å². The number of ether oxygens (including phenoxy) is 1. The van der Waals surface area contributed by atoms with Crippen molar-refractivity contribution >= 4 is 17.5 Å². The molecular formula is C21H24N2O3. The summed E-state index contributed by atoms with van der Waals surface area (Å²) in [6, 6.07) is 13.5. The second-order valence-electron chi connectivity index (χ2n) is 6.63. The molecule has 2 aromatic rings. The highest BCUT2D eigenvalue weighted by Crippen LogP contribution is 2.21. The first kappa shape index (κ1) is 18.0. The number of hydrogen-bond donors (Lipinski definition) is 1. The fourth-order valence-electron chi connectivity index (χ4n) is 2.92. The number of nitrogens with zero attached hydrogens (tertiary/aromatic N) is 1. The Morgan fingerprint density at radius 1 is 1.12 bits per heavy atom. The molecule has 5 heteroatoms. The van der Waals surface area contributed by atoms with E-state index in [9.17, 15) is 9.59 Å². The minimum Gasteiger partial charge on any atom is -0.484 e. The highest BCUT2D eigenvalue weighted by Gasteiger charge is 2.21. The Hall–Kier alpha value is -2.82. The first-order valence-electron chi connectivity index (χ1n) is 8.89. The summed E-state index contributed by atoms with van der Waals surface area (Å²) in [6.45, 7) is 5.26. The molecule has 0 unspecified atom stereocenters. The Kier molecular flexibility index (Phi) is 5.56. The molecule has 0 aliphatic carbocycles. The summed E-state index contributed by atoms with van der Waals surface area (Å²) in [5, 5.41) is 2.85. The van der Waals surface area contributed by atoms with E-state index in [1.165, 1.54) is 5.56 Å². The normalized spacial score (nSPS) is 13.8. The van der Waals surface area contributed by atoms with E-state index in [1.807, 2.05) is 56.3 Å². The maximum atomic E-state index is 12.0. The first-order valence-corrected chi connectivity index (χ1v) is 8.89. The minimum atomic E-state index is -0.165. The molecule has 1 aliphatic heterocycles. The van der Waals surface area contributed by atoms with Crippen LogP contribution < -0.4 is 15.0 Å². The maximum absolute atomic E-state index is 12.0. The first-order chi connectivity index (χ1) is 12.5. The Bertz CT molecular complexity index is 799. The Balaban J connectivity index is 1.46. The number of benzene rings is 2. The van der Waals surface area contributed by atoms with Gasteiger partial charge in [0.25, 0.3) is 5.91 Å². The molecule has 3 rings (SSSR count). The third kappa shape index (κ3) is 4.42. The molecule has 0 bridgehead atoms. The number of rotatable bonds is 6. The Morgan fingerprint density at radius 2 is 1.88 bits per heavy atom. The third-order valence-electron chi connectivity index (χ3n) is 4.66. The number of aryl methyl sites for hydroxylation is 2. The van der Waals surface area contributed by atoms with Gasteiger partial charge in [-0.25, -0.2) is 0 Å². The summed E-state index contributed by atoms with van der Waals surface area (Å²) < 4.78 is 5.53. The Labute approximate surface area is 154 Å². The molecular weight excluding hydrogens is 328 g/mol. The summed E-state index contributed by atoms with van der Waals surface area (Å²) in [7, 11) is 0. The molecule has 0 aromatic heterocycles. The van der Waals surface area contributed by atoms with E-state index >= 15 is 0 Å². The lowest BCUT2D eigenvalue weighted by Gasteiger charge is -2.16. The van der Waals surface area contributed by atoms with Gasteiger partial charge in [0.1, 0.15) is 5.75 Å². The molecule has 0 radical (unpaired) electrons. The lowest BCUT2D eigenvalue weighted by atomic mass is 10.1. The summed E-state index contributed by atoms with van der Waals surface area (Å²) in [4.78, 5) is 25.5. The lowest BCUT2D eigenvalue weighted by Crippen LogP contribution is -2.28. The van der Waals surface area contributed by atoms with Gasteiger partial charge in [0.2, 0.25) is 5.91 Å². The van der Waals surface area contributed by atoms with E-state index in [4.69, 9.17) is 4.74 Å². The van der Waals surface area contributed by atoms with Crippen LogP contribution in [0.5, 0.6) is 5.75 Å². The molecule has 5 nitrogen and oxygen atoms in total. The zero-order valence-electron chi connectivity index (χ0n) is 15.2. The average Bonchev–Trinajstić information content (AvgIpc) is 3.07. The zero-order valence-corrected chi connectivity index (χ0v) is 15.2. The van der Waals surface area contributed by atoms with Gasteiger partial charge in [0.05, 0.1) is 0 Å². The number of carbonyl (C=O) groups excluding carboxylic acids is 2. The number of anilines is 1. The smallest absolute Gasteiger partial charge is 0.258 e. The van der Waals surface area contributed by atoms with Gasteiger partial charge < -0.3 is 15.0 Å². The van der Waals surface area contributed by atoms with Gasteiger partial charge in [-0.3, -0.25) is 9.59 Å². The SMILES string of the molecule is Cc1ccc(OCC(=O)NCc2ccc(N3CCCC3=O)cc2)cc1C. The van der Waals surface area contributed by atoms with Gasteiger partial charge in [-0.1, -0.05) is 18.2 Å². The fraction of sp³-hybridized carbons (Fsp3) is 0.333. The molecule has 26 heavy (non-hydrogen) atoms. The molecule has 136 valence electrons. The van der Waals surface area contributed by atoms with Crippen LogP contribution in [0.15, 0.2) is 42.5 Å². The summed E-state index contributed by atoms with van der Waals surface area (Å²) in [5.74, 6) is 0.708. The molecule has 1 aliphatic rings. The number of carbonyl (C=O) groups is 2. The van der Waals surface area contributed by atoms with Crippen LogP contribution >= 0.6 is 0 Å². The van der Waals surface area contributed by atoms with Gasteiger partial charge in [-0.2, -0.15) is 0 Å². The van der Waals surface area contributed by atoms with Crippen LogP contribution in [0.1, 0.15) is 29.5 Å². The van der Waals surface area contributed by atoms with Gasteiger partial charge in [0, 0.05) is 25.2 Å². The van der Waals surface area contributed by atoms with Crippen molar-refractivity contribution in [3.05, 3.63) is 59.2 Å². The number of amides is 2. The van der Waals surface area contributed by atoms with Gasteiger partial charge in [0.15, 0.2) is 6.61 Å². The second kappa shape index (κ2) is 8.04. The van der Waals surface area contributed by atoms with Crippen LogP contribution in [0.25, 0.3) is 0 Å². The third-order valence-corrected chi connectivity index (χ3v) is 4.66. The summed E-state index contributed by atoms with van der Waals surface area (Å²) in [5.41, 5.74) is 4.24. The van der Waals surface area contributed by atoms with Crippen molar-refractivity contribution in [2.75, 3.05) is 18.1 Å². The quantitative estimate of drug-likeness (QED) is 0.869. The summed E-state index contributed by atoms with van der Waals surface area (Å²) >= 11 is 0. The van der Waals surface area contributed by atoms with Crippen molar-refractivity contribution in [3.63, 3.8) is 0 Å². The molecule has 0 atom stereocenters. The van der Waals surface area contributed by atoms with Crippen LogP contribution in [-0.2, 0) is 16.1 Å². The monoisotopic (exact) mass is 352 g/mol. The van der Waals surface area contributed by atoms with Gasteiger partial charge in [-0.15, -0.1) is 0 Å². The fourth-order valence-corrected chi connectivity index (χ4v) is 2.92. The average molecular weight is 352 g/mol. The van der Waals surface area contributed by atoms with Gasteiger partial charge >= 0.3 is 0 Å². The van der Waals surface area contributed by atoms with E-state index < -0.39 is 0 Å². The van der Waals surface area contributed by atoms with Crippen LogP contribution in [0.3, 0.4) is 0 Å². The van der Waals surface area contributed by atoms with E-state index in [-0.39, 0.29) is 18.4 Å². The predicted octanol–water partition coefficient (Wildman–Crippen LogP) is 3.13. The molecule has 2 amide bonds. The zero-order chi connectivity index (χ0) is 18.5. The van der Waals surface area contributed by atoms with E-state index in [2.05, 4.69) is 5.32 Å². The van der Waals surface area contributed by atoms with E-state index in [0.717, 1.165) is 29.8 Å². The number of nitrogens with one attached hydrogen (secondary N) is 1. The van der Waals surface area contributed by atoms with Crippen molar-refractivity contribution in [1.29, 1.82) is 0 Å². The number of hydrogen-bond acceptors (Lipinski definition) is 3.